The maximum absolute atomic E-state index is 12.7. The minimum atomic E-state index is -4.43. The van der Waals surface area contributed by atoms with Crippen LogP contribution < -0.4 is 10.4 Å². The second kappa shape index (κ2) is 7.89. The Labute approximate surface area is 144 Å². The standard InChI is InChI=1S/C18H22F3NO3/c19-18(20,21)14-6-4-5-13(9-14)12-22-15(23)10-17(11-16(24)25)7-2-1-3-8-17/h4-6,9H,1-3,7-8,10-12H2,(H,22,23)(H,24,25)/p-1. The van der Waals surface area contributed by atoms with E-state index in [-0.39, 0.29) is 25.3 Å². The lowest BCUT2D eigenvalue weighted by Crippen LogP contribution is -2.38. The molecule has 138 valence electrons. The van der Waals surface area contributed by atoms with Gasteiger partial charge in [-0.3, -0.25) is 4.79 Å². The molecule has 0 bridgehead atoms. The largest absolute Gasteiger partial charge is 0.550 e. The van der Waals surface area contributed by atoms with Crippen molar-refractivity contribution in [3.05, 3.63) is 35.4 Å². The van der Waals surface area contributed by atoms with Crippen LogP contribution in [0.1, 0.15) is 56.1 Å². The quantitative estimate of drug-likeness (QED) is 0.852. The summed E-state index contributed by atoms with van der Waals surface area (Å²) in [5, 5.41) is 13.6. The minimum Gasteiger partial charge on any atom is -0.550 e. The van der Waals surface area contributed by atoms with Gasteiger partial charge in [-0.1, -0.05) is 31.4 Å². The molecular weight excluding hydrogens is 335 g/mol. The van der Waals surface area contributed by atoms with E-state index in [1.54, 1.807) is 0 Å². The molecule has 7 heteroatoms. The first-order chi connectivity index (χ1) is 11.7. The maximum Gasteiger partial charge on any atom is 0.416 e. The highest BCUT2D eigenvalue weighted by Crippen LogP contribution is 2.42. The van der Waals surface area contributed by atoms with Crippen LogP contribution in [0.5, 0.6) is 0 Å². The number of aliphatic carboxylic acids is 1. The van der Waals surface area contributed by atoms with Crippen LogP contribution in [0.25, 0.3) is 0 Å². The van der Waals surface area contributed by atoms with Crippen LogP contribution in [0.2, 0.25) is 0 Å². The number of amides is 1. The average Bonchev–Trinajstić information content (AvgIpc) is 2.52. The molecule has 0 heterocycles. The van der Waals surface area contributed by atoms with E-state index in [2.05, 4.69) is 5.32 Å². The van der Waals surface area contributed by atoms with E-state index in [0.717, 1.165) is 31.4 Å². The summed E-state index contributed by atoms with van der Waals surface area (Å²) in [7, 11) is 0. The summed E-state index contributed by atoms with van der Waals surface area (Å²) in [4.78, 5) is 23.2. The summed E-state index contributed by atoms with van der Waals surface area (Å²) in [5.74, 6) is -1.52. The topological polar surface area (TPSA) is 69.2 Å². The number of rotatable bonds is 6. The smallest absolute Gasteiger partial charge is 0.416 e. The van der Waals surface area contributed by atoms with Crippen molar-refractivity contribution >= 4 is 11.9 Å². The fourth-order valence-electron chi connectivity index (χ4n) is 3.49. The van der Waals surface area contributed by atoms with Crippen molar-refractivity contribution in [2.45, 2.75) is 57.7 Å². The lowest BCUT2D eigenvalue weighted by Gasteiger charge is -2.37. The van der Waals surface area contributed by atoms with Crippen molar-refractivity contribution in [3.8, 4) is 0 Å². The number of alkyl halides is 3. The van der Waals surface area contributed by atoms with Crippen LogP contribution in [0.15, 0.2) is 24.3 Å². The lowest BCUT2D eigenvalue weighted by atomic mass is 9.69. The van der Waals surface area contributed by atoms with Crippen LogP contribution in [0.4, 0.5) is 13.2 Å². The summed E-state index contributed by atoms with van der Waals surface area (Å²) in [6.07, 6.45) is -0.483. The number of carbonyl (C=O) groups excluding carboxylic acids is 2. The van der Waals surface area contributed by atoms with Crippen molar-refractivity contribution in [1.82, 2.24) is 5.32 Å². The molecule has 0 radical (unpaired) electrons. The molecule has 0 aromatic heterocycles. The molecule has 1 aliphatic rings. The number of carbonyl (C=O) groups is 2. The average molecular weight is 356 g/mol. The third-order valence-corrected chi connectivity index (χ3v) is 4.71. The Balaban J connectivity index is 1.96. The Kier molecular flexibility index (Phi) is 6.08. The van der Waals surface area contributed by atoms with Crippen LogP contribution in [-0.4, -0.2) is 11.9 Å². The molecule has 1 aromatic carbocycles. The summed E-state index contributed by atoms with van der Waals surface area (Å²) >= 11 is 0. The SMILES string of the molecule is O=C([O-])CC1(CC(=O)NCc2cccc(C(F)(F)F)c2)CCCCC1. The van der Waals surface area contributed by atoms with E-state index in [4.69, 9.17) is 0 Å². The molecule has 1 fully saturated rings. The third kappa shape index (κ3) is 5.76. The zero-order valence-corrected chi connectivity index (χ0v) is 13.8. The lowest BCUT2D eigenvalue weighted by molar-refractivity contribution is -0.308. The highest BCUT2D eigenvalue weighted by Gasteiger charge is 2.34. The molecular formula is C18H21F3NO3-. The predicted octanol–water partition coefficient (Wildman–Crippen LogP) is 2.80. The highest BCUT2D eigenvalue weighted by atomic mass is 19.4. The van der Waals surface area contributed by atoms with Gasteiger partial charge in [0.1, 0.15) is 0 Å². The molecule has 0 saturated heterocycles. The molecule has 4 nitrogen and oxygen atoms in total. The summed E-state index contributed by atoms with van der Waals surface area (Å²) in [6.45, 7) is -0.0237. The fourth-order valence-corrected chi connectivity index (χ4v) is 3.49. The van der Waals surface area contributed by atoms with Crippen LogP contribution in [-0.2, 0) is 22.3 Å². The molecule has 0 spiro atoms. The van der Waals surface area contributed by atoms with E-state index in [1.807, 2.05) is 0 Å². The van der Waals surface area contributed by atoms with Gasteiger partial charge in [-0.15, -0.1) is 0 Å². The Morgan fingerprint density at radius 2 is 1.80 bits per heavy atom. The van der Waals surface area contributed by atoms with E-state index in [9.17, 15) is 27.9 Å². The van der Waals surface area contributed by atoms with E-state index < -0.39 is 23.1 Å². The van der Waals surface area contributed by atoms with Gasteiger partial charge in [0, 0.05) is 18.9 Å². The van der Waals surface area contributed by atoms with Gasteiger partial charge in [0.2, 0.25) is 5.91 Å². The number of carboxylic acids is 1. The number of carboxylic acid groups (broad SMARTS) is 1. The number of hydrogen-bond donors (Lipinski definition) is 1. The molecule has 25 heavy (non-hydrogen) atoms. The maximum atomic E-state index is 12.7. The molecule has 2 rings (SSSR count). The van der Waals surface area contributed by atoms with Crippen LogP contribution in [0.3, 0.4) is 0 Å². The second-order valence-electron chi connectivity index (χ2n) is 6.76. The van der Waals surface area contributed by atoms with Crippen molar-refractivity contribution < 1.29 is 27.9 Å². The van der Waals surface area contributed by atoms with E-state index in [1.165, 1.54) is 12.1 Å². The molecule has 1 saturated carbocycles. The number of halogens is 3. The zero-order valence-electron chi connectivity index (χ0n) is 13.8. The third-order valence-electron chi connectivity index (χ3n) is 4.71. The molecule has 0 unspecified atom stereocenters. The molecule has 1 aliphatic carbocycles. The highest BCUT2D eigenvalue weighted by molar-refractivity contribution is 5.77. The monoisotopic (exact) mass is 356 g/mol. The van der Waals surface area contributed by atoms with Gasteiger partial charge in [-0.25, -0.2) is 0 Å². The molecule has 1 N–H and O–H groups in total. The van der Waals surface area contributed by atoms with Gasteiger partial charge in [0.25, 0.3) is 0 Å². The van der Waals surface area contributed by atoms with Gasteiger partial charge < -0.3 is 15.2 Å². The van der Waals surface area contributed by atoms with Gasteiger partial charge >= 0.3 is 6.18 Å². The summed E-state index contributed by atoms with van der Waals surface area (Å²) in [6, 6.07) is 4.77. The number of nitrogens with one attached hydrogen (secondary N) is 1. The van der Waals surface area contributed by atoms with Crippen molar-refractivity contribution in [3.63, 3.8) is 0 Å². The second-order valence-corrected chi connectivity index (χ2v) is 6.76. The fraction of sp³-hybridized carbons (Fsp3) is 0.556. The van der Waals surface area contributed by atoms with Gasteiger partial charge in [0.15, 0.2) is 0 Å². The van der Waals surface area contributed by atoms with Crippen molar-refractivity contribution in [2.75, 3.05) is 0 Å². The summed E-state index contributed by atoms with van der Waals surface area (Å²) in [5.41, 5.74) is -1.02. The minimum absolute atomic E-state index is 0.0237. The summed E-state index contributed by atoms with van der Waals surface area (Å²) < 4.78 is 38.1. The Bertz CT molecular complexity index is 622. The van der Waals surface area contributed by atoms with E-state index >= 15 is 0 Å². The van der Waals surface area contributed by atoms with Crippen LogP contribution >= 0.6 is 0 Å². The predicted molar refractivity (Wildman–Crippen MR) is 83.0 cm³/mol. The van der Waals surface area contributed by atoms with Gasteiger partial charge in [0.05, 0.1) is 5.56 Å². The Hall–Kier alpha value is -2.05. The van der Waals surface area contributed by atoms with Crippen molar-refractivity contribution in [2.24, 2.45) is 5.41 Å². The van der Waals surface area contributed by atoms with Gasteiger partial charge in [-0.05, 0) is 42.4 Å². The Morgan fingerprint density at radius 1 is 1.12 bits per heavy atom. The van der Waals surface area contributed by atoms with Crippen molar-refractivity contribution in [1.29, 1.82) is 0 Å². The number of hydrogen-bond acceptors (Lipinski definition) is 3. The zero-order chi connectivity index (χ0) is 18.5. The van der Waals surface area contributed by atoms with Crippen LogP contribution in [0, 0.1) is 5.41 Å². The molecule has 0 atom stereocenters. The van der Waals surface area contributed by atoms with E-state index in [0.29, 0.717) is 18.4 Å². The molecule has 1 aromatic rings. The first-order valence-corrected chi connectivity index (χ1v) is 8.33. The number of benzene rings is 1. The van der Waals surface area contributed by atoms with Gasteiger partial charge in [-0.2, -0.15) is 13.2 Å². The molecule has 1 amide bonds. The first-order valence-electron chi connectivity index (χ1n) is 8.33. The normalized spacial score (nSPS) is 17.1. The molecule has 0 aliphatic heterocycles. The first kappa shape index (κ1) is 19.3. The Morgan fingerprint density at radius 3 is 2.40 bits per heavy atom.